The largest absolute Gasteiger partial charge is 0.465 e. The molecule has 0 fully saturated rings. The minimum atomic E-state index is -0.366. The van der Waals surface area contributed by atoms with Gasteiger partial charge < -0.3 is 15.4 Å². The number of aromatic nitrogens is 2. The van der Waals surface area contributed by atoms with Gasteiger partial charge in [0.25, 0.3) is 0 Å². The van der Waals surface area contributed by atoms with Crippen molar-refractivity contribution in [3.8, 4) is 0 Å². The number of anilines is 3. The lowest BCUT2D eigenvalue weighted by Gasteiger charge is -2.09. The second kappa shape index (κ2) is 8.11. The number of benzene rings is 2. The van der Waals surface area contributed by atoms with Crippen molar-refractivity contribution < 1.29 is 9.53 Å². The van der Waals surface area contributed by atoms with E-state index in [1.165, 1.54) is 18.2 Å². The Morgan fingerprint density at radius 1 is 1.12 bits per heavy atom. The molecule has 0 atom stereocenters. The van der Waals surface area contributed by atoms with Crippen molar-refractivity contribution in [1.29, 1.82) is 0 Å². The highest BCUT2D eigenvalue weighted by Crippen LogP contribution is 2.16. The Kier molecular flexibility index (Phi) is 5.43. The molecule has 2 N–H and O–H groups in total. The maximum absolute atomic E-state index is 11.5. The summed E-state index contributed by atoms with van der Waals surface area (Å²) in [5.74, 6) is 0.843. The zero-order valence-electron chi connectivity index (χ0n) is 14.7. The normalized spacial score (nSPS) is 10.2. The molecule has 0 bridgehead atoms. The minimum Gasteiger partial charge on any atom is -0.465 e. The monoisotopic (exact) mass is 348 g/mol. The summed E-state index contributed by atoms with van der Waals surface area (Å²) < 4.78 is 4.69. The zero-order chi connectivity index (χ0) is 18.4. The fraction of sp³-hybridized carbons (Fsp3) is 0.150. The summed E-state index contributed by atoms with van der Waals surface area (Å²) in [4.78, 5) is 20.1. The third-order valence-electron chi connectivity index (χ3n) is 3.77. The van der Waals surface area contributed by atoms with Crippen molar-refractivity contribution in [3.05, 3.63) is 77.5 Å². The molecule has 0 radical (unpaired) electrons. The first-order chi connectivity index (χ1) is 12.6. The van der Waals surface area contributed by atoms with Gasteiger partial charge in [-0.25, -0.2) is 9.78 Å². The molecule has 132 valence electrons. The van der Waals surface area contributed by atoms with Crippen LogP contribution in [-0.2, 0) is 11.3 Å². The van der Waals surface area contributed by atoms with Crippen molar-refractivity contribution in [2.24, 2.45) is 0 Å². The van der Waals surface area contributed by atoms with Gasteiger partial charge in [0.15, 0.2) is 0 Å². The fourth-order valence-corrected chi connectivity index (χ4v) is 2.47. The molecule has 0 spiro atoms. The third kappa shape index (κ3) is 4.57. The average Bonchev–Trinajstić information content (AvgIpc) is 2.67. The van der Waals surface area contributed by atoms with Crippen molar-refractivity contribution in [3.63, 3.8) is 0 Å². The van der Waals surface area contributed by atoms with Crippen LogP contribution in [0.15, 0.2) is 60.8 Å². The van der Waals surface area contributed by atoms with E-state index in [0.29, 0.717) is 18.1 Å². The molecule has 6 heteroatoms. The summed E-state index contributed by atoms with van der Waals surface area (Å²) in [5, 5.41) is 6.42. The highest BCUT2D eigenvalue weighted by atomic mass is 16.5. The highest BCUT2D eigenvalue weighted by molar-refractivity contribution is 5.89. The molecule has 26 heavy (non-hydrogen) atoms. The van der Waals surface area contributed by atoms with Crippen LogP contribution in [0.2, 0.25) is 0 Å². The Hall–Kier alpha value is -3.41. The van der Waals surface area contributed by atoms with Crippen LogP contribution >= 0.6 is 0 Å². The van der Waals surface area contributed by atoms with Gasteiger partial charge >= 0.3 is 5.97 Å². The smallest absolute Gasteiger partial charge is 0.337 e. The Labute approximate surface area is 152 Å². The van der Waals surface area contributed by atoms with E-state index in [9.17, 15) is 4.79 Å². The molecule has 3 rings (SSSR count). The standard InChI is InChI=1S/C20H20N4O2/c1-14-4-3-5-15(12-14)13-22-18-10-11-21-20(24-18)23-17-8-6-16(7-9-17)19(25)26-2/h3-12H,13H2,1-2H3,(H2,21,22,23,24). The molecular formula is C20H20N4O2. The van der Waals surface area contributed by atoms with Gasteiger partial charge in [-0.2, -0.15) is 4.98 Å². The first-order valence-electron chi connectivity index (χ1n) is 8.22. The van der Waals surface area contributed by atoms with Crippen LogP contribution in [0.5, 0.6) is 0 Å². The van der Waals surface area contributed by atoms with Crippen LogP contribution in [0.4, 0.5) is 17.5 Å². The van der Waals surface area contributed by atoms with Crippen molar-refractivity contribution in [1.82, 2.24) is 9.97 Å². The summed E-state index contributed by atoms with van der Waals surface area (Å²) in [6, 6.07) is 17.1. The fourth-order valence-electron chi connectivity index (χ4n) is 2.47. The number of nitrogens with one attached hydrogen (secondary N) is 2. The SMILES string of the molecule is COC(=O)c1ccc(Nc2nccc(NCc3cccc(C)c3)n2)cc1. The second-order valence-electron chi connectivity index (χ2n) is 5.80. The van der Waals surface area contributed by atoms with E-state index in [2.05, 4.69) is 50.5 Å². The summed E-state index contributed by atoms with van der Waals surface area (Å²) >= 11 is 0. The number of nitrogens with zero attached hydrogens (tertiary/aromatic N) is 2. The van der Waals surface area contributed by atoms with Gasteiger partial charge in [0.1, 0.15) is 5.82 Å². The Morgan fingerprint density at radius 3 is 2.65 bits per heavy atom. The predicted octanol–water partition coefficient (Wildman–Crippen LogP) is 3.93. The van der Waals surface area contributed by atoms with E-state index >= 15 is 0 Å². The van der Waals surface area contributed by atoms with Gasteiger partial charge in [-0.1, -0.05) is 29.8 Å². The van der Waals surface area contributed by atoms with Gasteiger partial charge in [-0.3, -0.25) is 0 Å². The first kappa shape index (κ1) is 17.4. The lowest BCUT2D eigenvalue weighted by atomic mass is 10.1. The van der Waals surface area contributed by atoms with E-state index in [4.69, 9.17) is 0 Å². The van der Waals surface area contributed by atoms with Crippen molar-refractivity contribution in [2.45, 2.75) is 13.5 Å². The molecule has 3 aromatic rings. The lowest BCUT2D eigenvalue weighted by molar-refractivity contribution is 0.0601. The molecule has 0 amide bonds. The second-order valence-corrected chi connectivity index (χ2v) is 5.80. The summed E-state index contributed by atoms with van der Waals surface area (Å²) in [5.41, 5.74) is 3.70. The van der Waals surface area contributed by atoms with E-state index in [-0.39, 0.29) is 5.97 Å². The predicted molar refractivity (Wildman–Crippen MR) is 102 cm³/mol. The number of methoxy groups -OCH3 is 1. The Balaban J connectivity index is 1.64. The van der Waals surface area contributed by atoms with Crippen LogP contribution in [0.3, 0.4) is 0 Å². The van der Waals surface area contributed by atoms with Crippen molar-refractivity contribution in [2.75, 3.05) is 17.7 Å². The first-order valence-corrected chi connectivity index (χ1v) is 8.22. The number of rotatable bonds is 6. The summed E-state index contributed by atoms with van der Waals surface area (Å²) in [6.45, 7) is 2.76. The molecule has 0 unspecified atom stereocenters. The maximum atomic E-state index is 11.5. The van der Waals surface area contributed by atoms with E-state index in [1.54, 1.807) is 30.5 Å². The molecule has 2 aromatic carbocycles. The molecule has 6 nitrogen and oxygen atoms in total. The van der Waals surface area contributed by atoms with E-state index in [1.807, 2.05) is 12.1 Å². The van der Waals surface area contributed by atoms with Gasteiger partial charge in [0, 0.05) is 18.4 Å². The highest BCUT2D eigenvalue weighted by Gasteiger charge is 2.05. The lowest BCUT2D eigenvalue weighted by Crippen LogP contribution is -2.05. The molecule has 0 saturated heterocycles. The average molecular weight is 348 g/mol. The number of hydrogen-bond donors (Lipinski definition) is 2. The molecule has 0 aliphatic rings. The molecule has 0 aliphatic heterocycles. The number of ether oxygens (including phenoxy) is 1. The zero-order valence-corrected chi connectivity index (χ0v) is 14.7. The van der Waals surface area contributed by atoms with Crippen LogP contribution < -0.4 is 10.6 Å². The minimum absolute atomic E-state index is 0.366. The molecule has 1 aromatic heterocycles. The topological polar surface area (TPSA) is 76.1 Å². The molecule has 0 saturated carbocycles. The van der Waals surface area contributed by atoms with Gasteiger partial charge in [0.05, 0.1) is 12.7 Å². The van der Waals surface area contributed by atoms with Crippen molar-refractivity contribution >= 4 is 23.4 Å². The van der Waals surface area contributed by atoms with Gasteiger partial charge in [0.2, 0.25) is 5.95 Å². The maximum Gasteiger partial charge on any atom is 0.337 e. The summed E-state index contributed by atoms with van der Waals surface area (Å²) in [7, 11) is 1.36. The van der Waals surface area contributed by atoms with Gasteiger partial charge in [-0.05, 0) is 42.8 Å². The Bertz CT molecular complexity index is 894. The van der Waals surface area contributed by atoms with Crippen LogP contribution in [-0.4, -0.2) is 23.0 Å². The van der Waals surface area contributed by atoms with Crippen LogP contribution in [0, 0.1) is 6.92 Å². The third-order valence-corrected chi connectivity index (χ3v) is 3.77. The molecule has 0 aliphatic carbocycles. The Morgan fingerprint density at radius 2 is 1.92 bits per heavy atom. The number of hydrogen-bond acceptors (Lipinski definition) is 6. The number of aryl methyl sites for hydroxylation is 1. The number of carbonyl (C=O) groups excluding carboxylic acids is 1. The molecular weight excluding hydrogens is 328 g/mol. The van der Waals surface area contributed by atoms with Crippen LogP contribution in [0.1, 0.15) is 21.5 Å². The van der Waals surface area contributed by atoms with E-state index < -0.39 is 0 Å². The number of esters is 1. The number of carbonyl (C=O) groups is 1. The molecule has 1 heterocycles. The summed E-state index contributed by atoms with van der Waals surface area (Å²) in [6.07, 6.45) is 1.69. The van der Waals surface area contributed by atoms with Gasteiger partial charge in [-0.15, -0.1) is 0 Å². The van der Waals surface area contributed by atoms with E-state index in [0.717, 1.165) is 11.5 Å². The quantitative estimate of drug-likeness (QED) is 0.658. The van der Waals surface area contributed by atoms with Crippen LogP contribution in [0.25, 0.3) is 0 Å².